The summed E-state index contributed by atoms with van der Waals surface area (Å²) in [5, 5.41) is 0. The number of aryl methyl sites for hydroxylation is 1. The van der Waals surface area contributed by atoms with E-state index in [1.165, 1.54) is 78.1 Å². The van der Waals surface area contributed by atoms with Crippen molar-refractivity contribution in [2.24, 2.45) is 0 Å². The van der Waals surface area contributed by atoms with Crippen LogP contribution in [0, 0.1) is 6.92 Å². The standard InChI is InChI=1S/C65H68BN3/c1-43-23-25-44(26-24-43)53-21-17-18-22-56(53)67(49-19-15-14-16-20-49)52-41-59-61-60(42-52)69(51-35-29-46(30-36-51)63(5,6)7)58-38-32-48(65(11,12)13)40-55(58)66(61)54-39-47(64(8,9)10)31-37-57(54)68(59)50-33-27-45(28-34-50)62(2,3)4/h14-42H,1-13H3. The highest BCUT2D eigenvalue weighted by molar-refractivity contribution is 7.00. The van der Waals surface area contributed by atoms with E-state index >= 15 is 0 Å². The Morgan fingerprint density at radius 1 is 0.377 bits per heavy atom. The largest absolute Gasteiger partial charge is 0.311 e. The van der Waals surface area contributed by atoms with Crippen LogP contribution in [0.2, 0.25) is 0 Å². The average Bonchev–Trinajstić information content (AvgIpc) is 3.31. The fraction of sp³-hybridized carbons (Fsp3) is 0.262. The van der Waals surface area contributed by atoms with Crippen LogP contribution < -0.4 is 31.1 Å². The lowest BCUT2D eigenvalue weighted by atomic mass is 9.33. The van der Waals surface area contributed by atoms with E-state index in [9.17, 15) is 0 Å². The lowest BCUT2D eigenvalue weighted by Crippen LogP contribution is -2.61. The zero-order valence-corrected chi connectivity index (χ0v) is 43.2. The molecule has 0 bridgehead atoms. The lowest BCUT2D eigenvalue weighted by molar-refractivity contribution is 0.590. The van der Waals surface area contributed by atoms with Crippen LogP contribution in [-0.4, -0.2) is 6.71 Å². The van der Waals surface area contributed by atoms with Crippen molar-refractivity contribution >= 4 is 74.3 Å². The van der Waals surface area contributed by atoms with Crippen molar-refractivity contribution in [2.45, 2.75) is 112 Å². The molecule has 2 aliphatic rings. The van der Waals surface area contributed by atoms with E-state index in [-0.39, 0.29) is 28.4 Å². The molecule has 0 spiro atoms. The van der Waals surface area contributed by atoms with E-state index in [0.717, 1.165) is 28.4 Å². The fourth-order valence-corrected chi connectivity index (χ4v) is 10.5. The molecule has 0 saturated heterocycles. The second-order valence-electron chi connectivity index (χ2n) is 23.7. The van der Waals surface area contributed by atoms with Gasteiger partial charge in [-0.3, -0.25) is 0 Å². The van der Waals surface area contributed by atoms with Crippen LogP contribution in [0.25, 0.3) is 11.1 Å². The maximum Gasteiger partial charge on any atom is 0.252 e. The van der Waals surface area contributed by atoms with Gasteiger partial charge < -0.3 is 14.7 Å². The molecule has 346 valence electrons. The Hall–Kier alpha value is -6.78. The van der Waals surface area contributed by atoms with Gasteiger partial charge in [-0.2, -0.15) is 0 Å². The second kappa shape index (κ2) is 16.7. The van der Waals surface area contributed by atoms with E-state index in [2.05, 4.69) is 281 Å². The number of rotatable bonds is 6. The number of fused-ring (bicyclic) bond motifs is 4. The summed E-state index contributed by atoms with van der Waals surface area (Å²) in [6, 6.07) is 67.2. The highest BCUT2D eigenvalue weighted by atomic mass is 15.2. The predicted molar refractivity (Wildman–Crippen MR) is 300 cm³/mol. The minimum Gasteiger partial charge on any atom is -0.311 e. The highest BCUT2D eigenvalue weighted by Crippen LogP contribution is 2.50. The van der Waals surface area contributed by atoms with Gasteiger partial charge in [0.25, 0.3) is 6.71 Å². The Balaban J connectivity index is 1.35. The van der Waals surface area contributed by atoms with Gasteiger partial charge in [0.2, 0.25) is 0 Å². The van der Waals surface area contributed by atoms with Gasteiger partial charge in [-0.05, 0) is 140 Å². The summed E-state index contributed by atoms with van der Waals surface area (Å²) in [4.78, 5) is 7.63. The minimum atomic E-state index is -0.0478. The number of benzene rings is 8. The number of nitrogens with zero attached hydrogens (tertiary/aromatic N) is 3. The minimum absolute atomic E-state index is 0.0165. The molecule has 8 aromatic carbocycles. The first-order valence-corrected chi connectivity index (χ1v) is 25.0. The Morgan fingerprint density at radius 2 is 0.797 bits per heavy atom. The summed E-state index contributed by atoms with van der Waals surface area (Å²) < 4.78 is 0. The monoisotopic (exact) mass is 902 g/mol. The van der Waals surface area contributed by atoms with Gasteiger partial charge in [0.05, 0.1) is 11.4 Å². The molecule has 0 atom stereocenters. The third-order valence-corrected chi connectivity index (χ3v) is 14.5. The second-order valence-corrected chi connectivity index (χ2v) is 23.7. The number of anilines is 9. The quantitative estimate of drug-likeness (QED) is 0.154. The van der Waals surface area contributed by atoms with Crippen LogP contribution in [0.5, 0.6) is 0 Å². The van der Waals surface area contributed by atoms with Gasteiger partial charge in [-0.1, -0.05) is 198 Å². The molecular formula is C65H68BN3. The first kappa shape index (κ1) is 46.0. The molecule has 0 radical (unpaired) electrons. The Bertz CT molecular complexity index is 3040. The molecule has 2 heterocycles. The van der Waals surface area contributed by atoms with Crippen molar-refractivity contribution < 1.29 is 0 Å². The van der Waals surface area contributed by atoms with Gasteiger partial charge in [-0.25, -0.2) is 0 Å². The van der Waals surface area contributed by atoms with E-state index in [1.54, 1.807) is 0 Å². The first-order valence-electron chi connectivity index (χ1n) is 25.0. The van der Waals surface area contributed by atoms with Gasteiger partial charge in [0.15, 0.2) is 0 Å². The van der Waals surface area contributed by atoms with Crippen LogP contribution in [0.4, 0.5) is 51.2 Å². The Labute approximate surface area is 413 Å². The zero-order chi connectivity index (χ0) is 48.8. The summed E-state index contributed by atoms with van der Waals surface area (Å²) in [5.41, 5.74) is 23.2. The molecule has 0 unspecified atom stereocenters. The molecule has 0 aliphatic carbocycles. The number of hydrogen-bond acceptors (Lipinski definition) is 3. The predicted octanol–water partition coefficient (Wildman–Crippen LogP) is 16.4. The molecule has 2 aliphatic heterocycles. The number of hydrogen-bond donors (Lipinski definition) is 0. The van der Waals surface area contributed by atoms with Crippen molar-refractivity contribution in [3.63, 3.8) is 0 Å². The van der Waals surface area contributed by atoms with Crippen molar-refractivity contribution in [2.75, 3.05) is 14.7 Å². The van der Waals surface area contributed by atoms with E-state index in [0.29, 0.717) is 0 Å². The van der Waals surface area contributed by atoms with Crippen molar-refractivity contribution in [3.8, 4) is 11.1 Å². The summed E-state index contributed by atoms with van der Waals surface area (Å²) in [5.74, 6) is 0. The van der Waals surface area contributed by atoms with Crippen LogP contribution in [0.3, 0.4) is 0 Å². The smallest absolute Gasteiger partial charge is 0.252 e. The highest BCUT2D eigenvalue weighted by Gasteiger charge is 2.45. The lowest BCUT2D eigenvalue weighted by Gasteiger charge is -2.45. The van der Waals surface area contributed by atoms with Crippen LogP contribution in [-0.2, 0) is 21.7 Å². The topological polar surface area (TPSA) is 9.72 Å². The Morgan fingerprint density at radius 3 is 1.25 bits per heavy atom. The molecule has 0 aromatic heterocycles. The van der Waals surface area contributed by atoms with Gasteiger partial charge in [0.1, 0.15) is 0 Å². The maximum atomic E-state index is 2.57. The normalized spacial score (nSPS) is 13.5. The molecule has 69 heavy (non-hydrogen) atoms. The fourth-order valence-electron chi connectivity index (χ4n) is 10.5. The van der Waals surface area contributed by atoms with Crippen LogP contribution >= 0.6 is 0 Å². The molecule has 0 fully saturated rings. The summed E-state index contributed by atoms with van der Waals surface area (Å²) in [6.07, 6.45) is 0. The van der Waals surface area contributed by atoms with Crippen molar-refractivity contribution in [1.82, 2.24) is 0 Å². The first-order chi connectivity index (χ1) is 32.7. The molecule has 0 saturated carbocycles. The van der Waals surface area contributed by atoms with Gasteiger partial charge in [0, 0.05) is 45.4 Å². The molecule has 0 amide bonds. The van der Waals surface area contributed by atoms with Gasteiger partial charge >= 0.3 is 0 Å². The molecule has 3 nitrogen and oxygen atoms in total. The molecule has 0 N–H and O–H groups in total. The third-order valence-electron chi connectivity index (χ3n) is 14.5. The van der Waals surface area contributed by atoms with Gasteiger partial charge in [-0.15, -0.1) is 0 Å². The SMILES string of the molecule is Cc1ccc(-c2ccccc2N(c2ccccc2)c2cc3c4c(c2)N(c2ccc(C(C)(C)C)cc2)c2ccc(C(C)(C)C)cc2B4c2cc(C(C)(C)C)ccc2N3c2ccc(C(C)(C)C)cc2)cc1. The van der Waals surface area contributed by atoms with E-state index < -0.39 is 0 Å². The van der Waals surface area contributed by atoms with Crippen molar-refractivity contribution in [3.05, 3.63) is 204 Å². The Kier molecular flexibility index (Phi) is 11.1. The number of para-hydroxylation sites is 2. The summed E-state index contributed by atoms with van der Waals surface area (Å²) >= 11 is 0. The molecule has 10 rings (SSSR count). The van der Waals surface area contributed by atoms with E-state index in [1.807, 2.05) is 0 Å². The molecule has 4 heteroatoms. The maximum absolute atomic E-state index is 2.57. The van der Waals surface area contributed by atoms with Crippen molar-refractivity contribution in [1.29, 1.82) is 0 Å². The zero-order valence-electron chi connectivity index (χ0n) is 43.2. The molecular weight excluding hydrogens is 834 g/mol. The molecule has 8 aromatic rings. The summed E-state index contributed by atoms with van der Waals surface area (Å²) in [6.45, 7) is 30.0. The van der Waals surface area contributed by atoms with Crippen LogP contribution in [0.15, 0.2) is 176 Å². The average molecular weight is 902 g/mol. The third kappa shape index (κ3) is 8.37. The van der Waals surface area contributed by atoms with Crippen LogP contribution in [0.1, 0.15) is 111 Å². The van der Waals surface area contributed by atoms with E-state index in [4.69, 9.17) is 0 Å². The summed E-state index contributed by atoms with van der Waals surface area (Å²) in [7, 11) is 0.